The molecule has 3 aromatic carbocycles. The van der Waals surface area contributed by atoms with Gasteiger partial charge in [0, 0.05) is 28.4 Å². The molecule has 182 valence electrons. The number of hydrogen-bond acceptors (Lipinski definition) is 5. The largest absolute Gasteiger partial charge is 0.375 e. The molecular formula is C26H20Cl2N4O4. The van der Waals surface area contributed by atoms with Crippen LogP contribution in [0, 0.1) is 0 Å². The lowest BCUT2D eigenvalue weighted by Gasteiger charge is -2.15. The first-order valence-corrected chi connectivity index (χ1v) is 11.5. The second-order valence-electron chi connectivity index (χ2n) is 7.96. The van der Waals surface area contributed by atoms with Gasteiger partial charge in [0.1, 0.15) is 10.7 Å². The number of rotatable bonds is 8. The predicted molar refractivity (Wildman–Crippen MR) is 136 cm³/mol. The number of benzene rings is 3. The Hall–Kier alpha value is -4.14. The lowest BCUT2D eigenvalue weighted by molar-refractivity contribution is -0.138. The van der Waals surface area contributed by atoms with Gasteiger partial charge in [0.2, 0.25) is 5.91 Å². The zero-order valence-corrected chi connectivity index (χ0v) is 20.3. The van der Waals surface area contributed by atoms with Crippen molar-refractivity contribution in [3.05, 3.63) is 111 Å². The van der Waals surface area contributed by atoms with Gasteiger partial charge in [-0.15, -0.1) is 0 Å². The Morgan fingerprint density at radius 2 is 1.36 bits per heavy atom. The van der Waals surface area contributed by atoms with E-state index in [1.165, 1.54) is 12.1 Å². The summed E-state index contributed by atoms with van der Waals surface area (Å²) < 4.78 is 0. The fourth-order valence-corrected chi connectivity index (χ4v) is 3.88. The molecule has 3 aromatic rings. The zero-order valence-electron chi connectivity index (χ0n) is 18.8. The number of hydrogen-bond donors (Lipinski definition) is 3. The first kappa shape index (κ1) is 25.0. The highest BCUT2D eigenvalue weighted by Crippen LogP contribution is 2.25. The Labute approximate surface area is 216 Å². The summed E-state index contributed by atoms with van der Waals surface area (Å²) in [5.74, 6) is -1.97. The van der Waals surface area contributed by atoms with E-state index in [1.807, 2.05) is 0 Å². The van der Waals surface area contributed by atoms with Crippen LogP contribution >= 0.6 is 23.2 Å². The van der Waals surface area contributed by atoms with E-state index in [9.17, 15) is 19.2 Å². The van der Waals surface area contributed by atoms with Crippen LogP contribution < -0.4 is 16.4 Å². The molecule has 10 heteroatoms. The van der Waals surface area contributed by atoms with Crippen molar-refractivity contribution in [3.63, 3.8) is 0 Å². The van der Waals surface area contributed by atoms with Crippen LogP contribution in [0.5, 0.6) is 0 Å². The van der Waals surface area contributed by atoms with Gasteiger partial charge in [-0.1, -0.05) is 47.5 Å². The van der Waals surface area contributed by atoms with Crippen LogP contribution in [0.3, 0.4) is 0 Å². The number of amides is 4. The number of carbonyl (C=O) groups excluding carboxylic acids is 4. The quantitative estimate of drug-likeness (QED) is 0.388. The Bertz CT molecular complexity index is 1370. The number of nitrogens with two attached hydrogens (primary N) is 1. The average molecular weight is 523 g/mol. The molecule has 0 aromatic heterocycles. The summed E-state index contributed by atoms with van der Waals surface area (Å²) in [6.07, 6.45) is 0. The first-order chi connectivity index (χ1) is 17.2. The fraction of sp³-hybridized carbons (Fsp3) is 0.0769. The lowest BCUT2D eigenvalue weighted by atomic mass is 10.1. The van der Waals surface area contributed by atoms with Gasteiger partial charge in [0.15, 0.2) is 0 Å². The van der Waals surface area contributed by atoms with Gasteiger partial charge in [-0.05, 0) is 59.7 Å². The molecular weight excluding hydrogens is 503 g/mol. The van der Waals surface area contributed by atoms with Crippen LogP contribution in [0.15, 0.2) is 83.5 Å². The number of imide groups is 1. The van der Waals surface area contributed by atoms with Crippen molar-refractivity contribution >= 4 is 52.5 Å². The number of halogens is 2. The van der Waals surface area contributed by atoms with Crippen molar-refractivity contribution < 1.29 is 19.2 Å². The highest BCUT2D eigenvalue weighted by atomic mass is 35.5. The van der Waals surface area contributed by atoms with Crippen LogP contribution in [0.25, 0.3) is 0 Å². The van der Waals surface area contributed by atoms with E-state index in [0.717, 1.165) is 16.0 Å². The molecule has 1 heterocycles. The van der Waals surface area contributed by atoms with E-state index in [0.29, 0.717) is 21.8 Å². The van der Waals surface area contributed by atoms with Crippen LogP contribution in [0.1, 0.15) is 31.8 Å². The second kappa shape index (κ2) is 10.6. The molecule has 0 radical (unpaired) electrons. The van der Waals surface area contributed by atoms with Gasteiger partial charge in [0.25, 0.3) is 17.7 Å². The summed E-state index contributed by atoms with van der Waals surface area (Å²) in [7, 11) is 0. The zero-order chi connectivity index (χ0) is 25.8. The van der Waals surface area contributed by atoms with Crippen LogP contribution in [0.4, 0.5) is 5.69 Å². The van der Waals surface area contributed by atoms with E-state index in [-0.39, 0.29) is 29.7 Å². The minimum Gasteiger partial charge on any atom is -0.375 e. The monoisotopic (exact) mass is 522 g/mol. The summed E-state index contributed by atoms with van der Waals surface area (Å²) in [5.41, 5.74) is 8.03. The van der Waals surface area contributed by atoms with Crippen molar-refractivity contribution in [1.82, 2.24) is 10.2 Å². The normalized spacial score (nSPS) is 13.2. The topological polar surface area (TPSA) is 122 Å². The molecule has 0 spiro atoms. The number of carbonyl (C=O) groups is 4. The Morgan fingerprint density at radius 1 is 0.778 bits per heavy atom. The van der Waals surface area contributed by atoms with Crippen molar-refractivity contribution in [2.45, 2.75) is 13.1 Å². The van der Waals surface area contributed by atoms with Crippen molar-refractivity contribution in [3.8, 4) is 0 Å². The van der Waals surface area contributed by atoms with Gasteiger partial charge < -0.3 is 16.4 Å². The molecule has 0 saturated heterocycles. The molecule has 4 N–H and O–H groups in total. The third kappa shape index (κ3) is 5.56. The Morgan fingerprint density at radius 3 is 1.97 bits per heavy atom. The molecule has 1 aliphatic heterocycles. The molecule has 0 unspecified atom stereocenters. The molecule has 0 atom stereocenters. The minimum atomic E-state index is -0.574. The van der Waals surface area contributed by atoms with Gasteiger partial charge in [-0.3, -0.25) is 24.1 Å². The molecule has 0 bridgehead atoms. The molecule has 4 rings (SSSR count). The minimum absolute atomic E-state index is 0.0249. The number of primary amides is 1. The van der Waals surface area contributed by atoms with E-state index < -0.39 is 17.7 Å². The summed E-state index contributed by atoms with van der Waals surface area (Å²) in [6.45, 7) is 0.293. The van der Waals surface area contributed by atoms with Crippen LogP contribution in [-0.2, 0) is 22.7 Å². The van der Waals surface area contributed by atoms with Gasteiger partial charge in [-0.25, -0.2) is 0 Å². The summed E-state index contributed by atoms with van der Waals surface area (Å²) in [6, 6.07) is 19.8. The first-order valence-electron chi connectivity index (χ1n) is 10.8. The van der Waals surface area contributed by atoms with Gasteiger partial charge in [0.05, 0.1) is 6.54 Å². The highest BCUT2D eigenvalue weighted by molar-refractivity contribution is 6.47. The second-order valence-corrected chi connectivity index (χ2v) is 8.77. The van der Waals surface area contributed by atoms with Crippen molar-refractivity contribution in [2.24, 2.45) is 5.73 Å². The van der Waals surface area contributed by atoms with E-state index in [2.05, 4.69) is 10.6 Å². The third-order valence-electron chi connectivity index (χ3n) is 5.48. The Balaban J connectivity index is 1.35. The maximum atomic E-state index is 12.8. The van der Waals surface area contributed by atoms with Crippen molar-refractivity contribution in [1.29, 1.82) is 0 Å². The smallest absolute Gasteiger partial charge is 0.278 e. The highest BCUT2D eigenvalue weighted by Gasteiger charge is 2.37. The maximum Gasteiger partial charge on any atom is 0.278 e. The average Bonchev–Trinajstić information content (AvgIpc) is 3.07. The van der Waals surface area contributed by atoms with Crippen LogP contribution in [0.2, 0.25) is 5.02 Å². The molecule has 36 heavy (non-hydrogen) atoms. The standard InChI is InChI=1S/C26H20Cl2N4O4/c27-19-9-3-16(4-10-19)14-32-25(35)21(28)22(26(32)36)30-13-15-1-5-18(6-2-15)24(34)31-20-11-7-17(8-12-20)23(29)33/h1-12,30H,13-14H2,(H2,29,33)(H,31,34). The number of anilines is 1. The molecule has 0 fully saturated rings. The lowest BCUT2D eigenvalue weighted by Crippen LogP contribution is -2.33. The maximum absolute atomic E-state index is 12.8. The summed E-state index contributed by atoms with van der Waals surface area (Å²) in [5, 5.41) is 6.05. The summed E-state index contributed by atoms with van der Waals surface area (Å²) >= 11 is 12.0. The van der Waals surface area contributed by atoms with Gasteiger partial charge in [-0.2, -0.15) is 0 Å². The Kier molecular flexibility index (Phi) is 7.38. The third-order valence-corrected chi connectivity index (χ3v) is 6.08. The molecule has 0 saturated carbocycles. The fourth-order valence-electron chi connectivity index (χ4n) is 3.50. The van der Waals surface area contributed by atoms with Crippen molar-refractivity contribution in [2.75, 3.05) is 5.32 Å². The van der Waals surface area contributed by atoms with E-state index >= 15 is 0 Å². The van der Waals surface area contributed by atoms with E-state index in [1.54, 1.807) is 60.7 Å². The number of nitrogens with zero attached hydrogens (tertiary/aromatic N) is 1. The number of nitrogens with one attached hydrogen (secondary N) is 2. The molecule has 4 amide bonds. The predicted octanol–water partition coefficient (Wildman–Crippen LogP) is 3.80. The van der Waals surface area contributed by atoms with E-state index in [4.69, 9.17) is 28.9 Å². The molecule has 8 nitrogen and oxygen atoms in total. The molecule has 0 aliphatic carbocycles. The molecule has 1 aliphatic rings. The van der Waals surface area contributed by atoms with Gasteiger partial charge >= 0.3 is 0 Å². The SMILES string of the molecule is NC(=O)c1ccc(NC(=O)c2ccc(CNC3=C(Cl)C(=O)N(Cc4ccc(Cl)cc4)C3=O)cc2)cc1. The summed E-state index contributed by atoms with van der Waals surface area (Å²) in [4.78, 5) is 50.0. The van der Waals surface area contributed by atoms with Crippen LogP contribution in [-0.4, -0.2) is 28.5 Å².